The van der Waals surface area contributed by atoms with E-state index >= 15 is 0 Å². The van der Waals surface area contributed by atoms with E-state index in [1.54, 1.807) is 18.5 Å². The number of carbonyl (C=O) groups is 1. The molecule has 0 radical (unpaired) electrons. The zero-order valence-electron chi connectivity index (χ0n) is 14.4. The van der Waals surface area contributed by atoms with Gasteiger partial charge in [0.1, 0.15) is 0 Å². The molecule has 1 aromatic heterocycles. The third-order valence-electron chi connectivity index (χ3n) is 4.87. The molecule has 1 fully saturated rings. The van der Waals surface area contributed by atoms with Crippen molar-refractivity contribution in [1.29, 1.82) is 0 Å². The Hall–Kier alpha value is -1.96. The summed E-state index contributed by atoms with van der Waals surface area (Å²) < 4.78 is 1.86. The Morgan fingerprint density at radius 2 is 2.16 bits per heavy atom. The Bertz CT molecular complexity index is 715. The number of likely N-dealkylation sites (tertiary alicyclic amines) is 1. The van der Waals surface area contributed by atoms with Crippen LogP contribution in [-0.4, -0.2) is 69.5 Å². The third-order valence-corrected chi connectivity index (χ3v) is 4.87. The largest absolute Gasteiger partial charge is 0.395 e. The molecule has 1 saturated heterocycles. The van der Waals surface area contributed by atoms with Crippen LogP contribution in [0.25, 0.3) is 11.0 Å². The molecule has 1 amide bonds. The van der Waals surface area contributed by atoms with Crippen LogP contribution in [-0.2, 0) is 6.54 Å². The first-order valence-electron chi connectivity index (χ1n) is 8.92. The summed E-state index contributed by atoms with van der Waals surface area (Å²) in [5.74, 6) is -0.115. The molecule has 0 spiro atoms. The molecule has 0 bridgehead atoms. The van der Waals surface area contributed by atoms with Crippen LogP contribution in [0.15, 0.2) is 24.5 Å². The van der Waals surface area contributed by atoms with Crippen LogP contribution in [0.2, 0.25) is 0 Å². The van der Waals surface area contributed by atoms with Crippen molar-refractivity contribution in [1.82, 2.24) is 19.8 Å². The smallest absolute Gasteiger partial charge is 0.251 e. The lowest BCUT2D eigenvalue weighted by atomic mass is 10.0. The minimum atomic E-state index is -0.115. The average molecular weight is 346 g/mol. The molecule has 2 aromatic rings. The summed E-state index contributed by atoms with van der Waals surface area (Å²) in [6, 6.07) is 5.64. The van der Waals surface area contributed by atoms with E-state index in [9.17, 15) is 9.90 Å². The van der Waals surface area contributed by atoms with Gasteiger partial charge >= 0.3 is 0 Å². The number of benzene rings is 1. The van der Waals surface area contributed by atoms with Crippen LogP contribution in [0.4, 0.5) is 0 Å². The van der Waals surface area contributed by atoms with Crippen LogP contribution >= 0.6 is 0 Å². The second kappa shape index (κ2) is 8.42. The molecule has 0 aliphatic carbocycles. The lowest BCUT2D eigenvalue weighted by molar-refractivity contribution is 0.0849. The van der Waals surface area contributed by atoms with E-state index in [1.807, 2.05) is 10.6 Å². The lowest BCUT2D eigenvalue weighted by Gasteiger charge is -2.34. The maximum Gasteiger partial charge on any atom is 0.251 e. The minimum absolute atomic E-state index is 0.0546. The van der Waals surface area contributed by atoms with E-state index in [1.165, 1.54) is 0 Å². The van der Waals surface area contributed by atoms with Gasteiger partial charge in [-0.1, -0.05) is 6.42 Å². The Morgan fingerprint density at radius 1 is 1.28 bits per heavy atom. The van der Waals surface area contributed by atoms with Gasteiger partial charge in [0.2, 0.25) is 0 Å². The molecule has 7 nitrogen and oxygen atoms in total. The summed E-state index contributed by atoms with van der Waals surface area (Å²) in [5, 5.41) is 21.4. The van der Waals surface area contributed by atoms with Gasteiger partial charge in [-0.05, 0) is 37.6 Å². The highest BCUT2D eigenvalue weighted by Gasteiger charge is 2.21. The summed E-state index contributed by atoms with van der Waals surface area (Å²) >= 11 is 0. The molecule has 136 valence electrons. The van der Waals surface area contributed by atoms with Crippen molar-refractivity contribution >= 4 is 16.9 Å². The third kappa shape index (κ3) is 4.18. The number of piperidine rings is 1. The van der Waals surface area contributed by atoms with E-state index in [2.05, 4.69) is 15.2 Å². The molecule has 7 heteroatoms. The number of rotatable bonds is 7. The topological polar surface area (TPSA) is 90.6 Å². The molecule has 1 atom stereocenters. The van der Waals surface area contributed by atoms with E-state index in [0.29, 0.717) is 18.7 Å². The summed E-state index contributed by atoms with van der Waals surface area (Å²) in [4.78, 5) is 18.9. The Labute approximate surface area is 147 Å². The quantitative estimate of drug-likeness (QED) is 0.683. The predicted molar refractivity (Wildman–Crippen MR) is 95.4 cm³/mol. The van der Waals surface area contributed by atoms with Crippen LogP contribution < -0.4 is 5.32 Å². The standard InChI is InChI=1S/C18H26N4O3/c23-10-9-22-13-20-16-11-14(4-5-17(16)22)18(25)19-6-8-21-7-2-1-3-15(21)12-24/h4-5,11,13,15,23-24H,1-3,6-10,12H2,(H,19,25)/t15-/m1/s1. The van der Waals surface area contributed by atoms with Crippen molar-refractivity contribution in [2.24, 2.45) is 0 Å². The van der Waals surface area contributed by atoms with E-state index < -0.39 is 0 Å². The van der Waals surface area contributed by atoms with Gasteiger partial charge in [-0.25, -0.2) is 4.98 Å². The molecule has 2 heterocycles. The maximum atomic E-state index is 12.4. The van der Waals surface area contributed by atoms with Gasteiger partial charge in [-0.3, -0.25) is 9.69 Å². The van der Waals surface area contributed by atoms with Crippen molar-refractivity contribution in [3.05, 3.63) is 30.1 Å². The highest BCUT2D eigenvalue weighted by molar-refractivity contribution is 5.97. The zero-order valence-corrected chi connectivity index (χ0v) is 14.4. The first kappa shape index (κ1) is 17.8. The predicted octanol–water partition coefficient (Wildman–Crippen LogP) is 0.605. The number of imidazole rings is 1. The normalized spacial score (nSPS) is 18.6. The average Bonchev–Trinajstić information content (AvgIpc) is 3.04. The molecular formula is C18H26N4O3. The second-order valence-corrected chi connectivity index (χ2v) is 6.49. The molecule has 0 saturated carbocycles. The lowest BCUT2D eigenvalue weighted by Crippen LogP contribution is -2.45. The van der Waals surface area contributed by atoms with Gasteiger partial charge in [-0.2, -0.15) is 0 Å². The SMILES string of the molecule is O=C(NCCN1CCCC[C@@H]1CO)c1ccc2c(c1)ncn2CCO. The van der Waals surface area contributed by atoms with Crippen LogP contribution in [0.3, 0.4) is 0 Å². The number of nitrogens with zero attached hydrogens (tertiary/aromatic N) is 3. The van der Waals surface area contributed by atoms with E-state index in [-0.39, 0.29) is 25.2 Å². The highest BCUT2D eigenvalue weighted by Crippen LogP contribution is 2.16. The number of hydrogen-bond donors (Lipinski definition) is 3. The molecule has 1 aliphatic rings. The molecule has 1 aromatic carbocycles. The number of fused-ring (bicyclic) bond motifs is 1. The van der Waals surface area contributed by atoms with Gasteiger partial charge < -0.3 is 20.1 Å². The Balaban J connectivity index is 1.56. The maximum absolute atomic E-state index is 12.4. The monoisotopic (exact) mass is 346 g/mol. The number of aliphatic hydroxyl groups excluding tert-OH is 2. The van der Waals surface area contributed by atoms with E-state index in [4.69, 9.17) is 5.11 Å². The molecular weight excluding hydrogens is 320 g/mol. The number of carbonyl (C=O) groups excluding carboxylic acids is 1. The fraction of sp³-hybridized carbons (Fsp3) is 0.556. The summed E-state index contributed by atoms with van der Waals surface area (Å²) in [7, 11) is 0. The number of hydrogen-bond acceptors (Lipinski definition) is 5. The van der Waals surface area contributed by atoms with Gasteiger partial charge in [-0.15, -0.1) is 0 Å². The first-order chi connectivity index (χ1) is 12.2. The molecule has 0 unspecified atom stereocenters. The minimum Gasteiger partial charge on any atom is -0.395 e. The summed E-state index contributed by atoms with van der Waals surface area (Å²) in [6.45, 7) is 3.02. The first-order valence-corrected chi connectivity index (χ1v) is 8.92. The molecule has 3 N–H and O–H groups in total. The fourth-order valence-electron chi connectivity index (χ4n) is 3.47. The molecule has 1 aliphatic heterocycles. The van der Waals surface area contributed by atoms with Crippen molar-refractivity contribution in [2.45, 2.75) is 31.8 Å². The second-order valence-electron chi connectivity index (χ2n) is 6.49. The Kier molecular flexibility index (Phi) is 6.01. The van der Waals surface area contributed by atoms with Crippen LogP contribution in [0.1, 0.15) is 29.6 Å². The number of aliphatic hydroxyl groups is 2. The van der Waals surface area contributed by atoms with Gasteiger partial charge in [0.15, 0.2) is 0 Å². The highest BCUT2D eigenvalue weighted by atomic mass is 16.3. The fourth-order valence-corrected chi connectivity index (χ4v) is 3.47. The molecule has 25 heavy (non-hydrogen) atoms. The van der Waals surface area contributed by atoms with Crippen molar-refractivity contribution < 1.29 is 15.0 Å². The van der Waals surface area contributed by atoms with Crippen LogP contribution in [0, 0.1) is 0 Å². The van der Waals surface area contributed by atoms with E-state index in [0.717, 1.165) is 43.4 Å². The summed E-state index contributed by atoms with van der Waals surface area (Å²) in [6.07, 6.45) is 5.01. The van der Waals surface area contributed by atoms with Crippen molar-refractivity contribution in [3.63, 3.8) is 0 Å². The van der Waals surface area contributed by atoms with Gasteiger partial charge in [0.25, 0.3) is 5.91 Å². The number of nitrogens with one attached hydrogen (secondary N) is 1. The van der Waals surface area contributed by atoms with Gasteiger partial charge in [0, 0.05) is 31.2 Å². The summed E-state index contributed by atoms with van der Waals surface area (Å²) in [5.41, 5.74) is 2.24. The zero-order chi connectivity index (χ0) is 17.6. The number of aromatic nitrogens is 2. The van der Waals surface area contributed by atoms with Gasteiger partial charge in [0.05, 0.1) is 30.6 Å². The van der Waals surface area contributed by atoms with Crippen LogP contribution in [0.5, 0.6) is 0 Å². The Morgan fingerprint density at radius 3 is 2.96 bits per heavy atom. The molecule has 3 rings (SSSR count). The number of amides is 1. The van der Waals surface area contributed by atoms with Crippen molar-refractivity contribution in [3.8, 4) is 0 Å². The van der Waals surface area contributed by atoms with Crippen molar-refractivity contribution in [2.75, 3.05) is 32.8 Å².